The molecule has 1 N–H and O–H groups in total. The van der Waals surface area contributed by atoms with Crippen LogP contribution in [0, 0.1) is 0 Å². The zero-order valence-corrected chi connectivity index (χ0v) is 23.6. The maximum Gasteiger partial charge on any atom is 0.515 e. The van der Waals surface area contributed by atoms with Crippen LogP contribution in [0.2, 0.25) is 0 Å². The Hall–Kier alpha value is -4.68. The van der Waals surface area contributed by atoms with Crippen molar-refractivity contribution in [3.8, 4) is 28.5 Å². The number of carbonyl (C=O) groups is 2. The van der Waals surface area contributed by atoms with Gasteiger partial charge >= 0.3 is 12.1 Å². The van der Waals surface area contributed by atoms with Crippen LogP contribution in [0.5, 0.6) is 17.4 Å². The second kappa shape index (κ2) is 11.1. The summed E-state index contributed by atoms with van der Waals surface area (Å²) in [5, 5.41) is 10.3. The second-order valence-electron chi connectivity index (χ2n) is 8.96. The van der Waals surface area contributed by atoms with Crippen LogP contribution in [-0.4, -0.2) is 50.9 Å². The molecule has 3 aromatic carbocycles. The van der Waals surface area contributed by atoms with Gasteiger partial charge in [0.1, 0.15) is 22.5 Å². The van der Waals surface area contributed by atoms with E-state index in [0.717, 1.165) is 48.6 Å². The number of aromatic nitrogens is 3. The normalized spacial score (nSPS) is 11.3. The molecule has 3 heterocycles. The Bertz CT molecular complexity index is 1920. The van der Waals surface area contributed by atoms with Gasteiger partial charge in [-0.25, -0.2) is 9.59 Å². The third-order valence-corrected chi connectivity index (χ3v) is 8.17. The lowest BCUT2D eigenvalue weighted by Gasteiger charge is -2.15. The minimum absolute atomic E-state index is 0.134. The largest absolute Gasteiger partial charge is 0.515 e. The van der Waals surface area contributed by atoms with Gasteiger partial charge in [-0.3, -0.25) is 0 Å². The van der Waals surface area contributed by atoms with Crippen molar-refractivity contribution in [3.05, 3.63) is 66.2 Å². The highest BCUT2D eigenvalue weighted by molar-refractivity contribution is 7.26. The van der Waals surface area contributed by atoms with Crippen LogP contribution in [0.4, 0.5) is 4.79 Å². The molecule has 41 heavy (non-hydrogen) atoms. The van der Waals surface area contributed by atoms with Crippen LogP contribution in [0.1, 0.15) is 12.5 Å². The van der Waals surface area contributed by atoms with E-state index >= 15 is 0 Å². The molecule has 0 bridgehead atoms. The van der Waals surface area contributed by atoms with E-state index in [1.165, 1.54) is 18.4 Å². The monoisotopic (exact) mass is 589 g/mol. The van der Waals surface area contributed by atoms with Gasteiger partial charge < -0.3 is 28.6 Å². The summed E-state index contributed by atoms with van der Waals surface area (Å²) in [5.74, 6) is -0.123. The van der Waals surface area contributed by atoms with Crippen molar-refractivity contribution in [2.24, 2.45) is 0 Å². The van der Waals surface area contributed by atoms with Crippen LogP contribution < -0.4 is 14.2 Å². The number of hydrogen-bond donors (Lipinski definition) is 1. The van der Waals surface area contributed by atoms with Crippen molar-refractivity contribution < 1.29 is 33.6 Å². The van der Waals surface area contributed by atoms with Crippen LogP contribution in [0.3, 0.4) is 0 Å². The highest BCUT2D eigenvalue weighted by Crippen LogP contribution is 2.50. The van der Waals surface area contributed by atoms with Gasteiger partial charge in [-0.2, -0.15) is 8.75 Å². The Kier molecular flexibility index (Phi) is 7.16. The number of fused-ring (bicyclic) bond motifs is 4. The van der Waals surface area contributed by atoms with Crippen LogP contribution in [0.15, 0.2) is 60.7 Å². The molecule has 0 radical (unpaired) electrons. The molecule has 0 aliphatic rings. The molecule has 208 valence electrons. The van der Waals surface area contributed by atoms with Gasteiger partial charge in [-0.1, -0.05) is 24.3 Å². The number of rotatable bonds is 9. The summed E-state index contributed by atoms with van der Waals surface area (Å²) in [4.78, 5) is 24.2. The van der Waals surface area contributed by atoms with Gasteiger partial charge in [-0.05, 0) is 42.8 Å². The maximum absolute atomic E-state index is 12.8. The zero-order chi connectivity index (χ0) is 28.5. The van der Waals surface area contributed by atoms with Gasteiger partial charge in [0.25, 0.3) is 0 Å². The molecule has 0 unspecified atom stereocenters. The fourth-order valence-electron chi connectivity index (χ4n) is 4.73. The number of methoxy groups -OCH3 is 1. The SMILES string of the molecule is CCOC(=O)Oc1c(-c2ccc(OC)cc2OCC(=O)O)c2sc3ccccc3c2n1Cc1ccc2nsnc2c1. The Morgan fingerprint density at radius 2 is 1.85 bits per heavy atom. The Balaban J connectivity index is 1.64. The molecule has 0 saturated heterocycles. The number of carboxylic acids is 1. The fourth-order valence-corrected chi connectivity index (χ4v) is 6.50. The quantitative estimate of drug-likeness (QED) is 0.186. The van der Waals surface area contributed by atoms with Crippen LogP contribution in [-0.2, 0) is 16.1 Å². The van der Waals surface area contributed by atoms with E-state index in [0.29, 0.717) is 23.4 Å². The first kappa shape index (κ1) is 26.5. The summed E-state index contributed by atoms with van der Waals surface area (Å²) < 4.78 is 34.7. The summed E-state index contributed by atoms with van der Waals surface area (Å²) in [6.45, 7) is 1.62. The maximum atomic E-state index is 12.8. The first-order valence-corrected chi connectivity index (χ1v) is 14.1. The first-order chi connectivity index (χ1) is 20.0. The molecule has 0 amide bonds. The standard InChI is InChI=1S/C29H23N3O7S2/c1-3-37-29(35)39-28-25(18-10-9-17(36-2)13-22(18)38-15-24(33)34)27-26(19-6-4-5-7-23(19)40-27)32(28)14-16-8-11-20-21(12-16)31-41-30-20/h4-13H,3,14-15H2,1-2H3,(H,33,34). The average Bonchev–Trinajstić information content (AvgIpc) is 3.66. The molecule has 3 aromatic heterocycles. The molecule has 12 heteroatoms. The van der Waals surface area contributed by atoms with E-state index in [2.05, 4.69) is 8.75 Å². The number of carbonyl (C=O) groups excluding carboxylic acids is 1. The van der Waals surface area contributed by atoms with Crippen molar-refractivity contribution in [1.29, 1.82) is 0 Å². The highest BCUT2D eigenvalue weighted by atomic mass is 32.1. The number of thiophene rings is 1. The van der Waals surface area contributed by atoms with Gasteiger partial charge in [0.15, 0.2) is 6.61 Å². The average molecular weight is 590 g/mol. The van der Waals surface area contributed by atoms with Crippen molar-refractivity contribution in [2.45, 2.75) is 13.5 Å². The predicted molar refractivity (Wildman–Crippen MR) is 157 cm³/mol. The molecule has 10 nitrogen and oxygen atoms in total. The van der Waals surface area contributed by atoms with Gasteiger partial charge in [0, 0.05) is 21.7 Å². The van der Waals surface area contributed by atoms with Gasteiger partial charge in [0.05, 0.1) is 47.8 Å². The lowest BCUT2D eigenvalue weighted by atomic mass is 10.1. The lowest BCUT2D eigenvalue weighted by Crippen LogP contribution is -2.14. The third kappa shape index (κ3) is 5.03. The molecule has 0 spiro atoms. The second-order valence-corrected chi connectivity index (χ2v) is 10.5. The van der Waals surface area contributed by atoms with E-state index in [-0.39, 0.29) is 18.2 Å². The first-order valence-electron chi connectivity index (χ1n) is 12.6. The molecule has 0 atom stereocenters. The van der Waals surface area contributed by atoms with E-state index in [9.17, 15) is 14.7 Å². The number of aliphatic carboxylic acids is 1. The minimum Gasteiger partial charge on any atom is -0.497 e. The van der Waals surface area contributed by atoms with Crippen LogP contribution >= 0.6 is 23.1 Å². The van der Waals surface area contributed by atoms with Crippen molar-refractivity contribution in [2.75, 3.05) is 20.3 Å². The summed E-state index contributed by atoms with van der Waals surface area (Å²) in [6.07, 6.45) is -0.856. The smallest absolute Gasteiger partial charge is 0.497 e. The van der Waals surface area contributed by atoms with E-state index in [1.54, 1.807) is 25.1 Å². The van der Waals surface area contributed by atoms with E-state index in [4.69, 9.17) is 18.9 Å². The topological polar surface area (TPSA) is 122 Å². The molecule has 0 fully saturated rings. The van der Waals surface area contributed by atoms with Gasteiger partial charge in [0.2, 0.25) is 5.88 Å². The molecule has 6 aromatic rings. The number of ether oxygens (including phenoxy) is 4. The van der Waals surface area contributed by atoms with Gasteiger partial charge in [-0.15, -0.1) is 11.3 Å². The minimum atomic E-state index is -1.13. The van der Waals surface area contributed by atoms with E-state index in [1.807, 2.05) is 47.0 Å². The number of carboxylic acid groups (broad SMARTS) is 1. The van der Waals surface area contributed by atoms with Crippen molar-refractivity contribution >= 4 is 66.5 Å². The summed E-state index contributed by atoms with van der Waals surface area (Å²) in [7, 11) is 1.51. The summed E-state index contributed by atoms with van der Waals surface area (Å²) in [6, 6.07) is 18.9. The molecule has 0 saturated carbocycles. The number of nitrogens with zero attached hydrogens (tertiary/aromatic N) is 3. The van der Waals surface area contributed by atoms with E-state index < -0.39 is 18.7 Å². The fraction of sp³-hybridized carbons (Fsp3) is 0.172. The predicted octanol–water partition coefficient (Wildman–Crippen LogP) is 6.58. The number of benzene rings is 3. The summed E-state index contributed by atoms with van der Waals surface area (Å²) >= 11 is 2.69. The molecule has 0 aliphatic carbocycles. The number of hydrogen-bond acceptors (Lipinski definition) is 10. The molecular weight excluding hydrogens is 566 g/mol. The zero-order valence-electron chi connectivity index (χ0n) is 21.9. The molecular formula is C29H23N3O7S2. The Morgan fingerprint density at radius 1 is 1.02 bits per heavy atom. The third-order valence-electron chi connectivity index (χ3n) is 6.44. The van der Waals surface area contributed by atoms with Crippen molar-refractivity contribution in [1.82, 2.24) is 13.3 Å². The highest BCUT2D eigenvalue weighted by Gasteiger charge is 2.29. The molecule has 0 aliphatic heterocycles. The molecule has 6 rings (SSSR count). The lowest BCUT2D eigenvalue weighted by molar-refractivity contribution is -0.139. The van der Waals surface area contributed by atoms with Crippen LogP contribution in [0.25, 0.3) is 42.5 Å². The Morgan fingerprint density at radius 3 is 2.66 bits per heavy atom. The van der Waals surface area contributed by atoms with Crippen molar-refractivity contribution in [3.63, 3.8) is 0 Å². The Labute approximate surface area is 241 Å². The summed E-state index contributed by atoms with van der Waals surface area (Å²) in [5.41, 5.74) is 4.49.